The number of piperidine rings is 1. The van der Waals surface area contributed by atoms with E-state index < -0.39 is 0 Å². The predicted molar refractivity (Wildman–Crippen MR) is 73.5 cm³/mol. The third-order valence-electron chi connectivity index (χ3n) is 3.45. The molecule has 0 aromatic carbocycles. The highest BCUT2D eigenvalue weighted by molar-refractivity contribution is 4.76. The predicted octanol–water partition coefficient (Wildman–Crippen LogP) is 2.27. The summed E-state index contributed by atoms with van der Waals surface area (Å²) in [6, 6.07) is 0.720. The van der Waals surface area contributed by atoms with E-state index in [-0.39, 0.29) is 0 Å². The fraction of sp³-hybridized carbons (Fsp3) is 1.00. The largest absolute Gasteiger partial charge is 0.380 e. The number of ether oxygens (including phenoxy) is 1. The maximum Gasteiger partial charge on any atom is 0.0591 e. The molecule has 102 valence electrons. The van der Waals surface area contributed by atoms with Crippen LogP contribution in [-0.2, 0) is 4.74 Å². The second-order valence-corrected chi connectivity index (χ2v) is 5.04. The Morgan fingerprint density at radius 1 is 1.12 bits per heavy atom. The molecule has 0 aromatic rings. The van der Waals surface area contributed by atoms with Crippen LogP contribution in [0.2, 0.25) is 0 Å². The van der Waals surface area contributed by atoms with Crippen LogP contribution >= 0.6 is 0 Å². The molecule has 0 amide bonds. The van der Waals surface area contributed by atoms with Gasteiger partial charge in [0, 0.05) is 19.2 Å². The third-order valence-corrected chi connectivity index (χ3v) is 3.45. The fourth-order valence-corrected chi connectivity index (χ4v) is 2.36. The van der Waals surface area contributed by atoms with E-state index in [1.54, 1.807) is 0 Å². The number of hydrogen-bond donors (Lipinski definition) is 1. The van der Waals surface area contributed by atoms with E-state index in [2.05, 4.69) is 24.1 Å². The Bertz CT molecular complexity index is 168. The van der Waals surface area contributed by atoms with Gasteiger partial charge in [-0.25, -0.2) is 0 Å². The van der Waals surface area contributed by atoms with E-state index in [4.69, 9.17) is 4.74 Å². The molecule has 1 rings (SSSR count). The van der Waals surface area contributed by atoms with Crippen LogP contribution in [0.4, 0.5) is 0 Å². The normalized spacial score (nSPS) is 18.7. The van der Waals surface area contributed by atoms with Crippen molar-refractivity contribution in [2.75, 3.05) is 39.4 Å². The van der Waals surface area contributed by atoms with Gasteiger partial charge in [0.05, 0.1) is 6.61 Å². The summed E-state index contributed by atoms with van der Waals surface area (Å²) >= 11 is 0. The van der Waals surface area contributed by atoms with Crippen molar-refractivity contribution in [2.24, 2.45) is 0 Å². The van der Waals surface area contributed by atoms with Crippen LogP contribution in [-0.4, -0.2) is 50.3 Å². The van der Waals surface area contributed by atoms with Gasteiger partial charge in [-0.05, 0) is 45.3 Å². The summed E-state index contributed by atoms with van der Waals surface area (Å²) in [6.45, 7) is 11.1. The zero-order valence-electron chi connectivity index (χ0n) is 11.7. The molecule has 1 aliphatic heterocycles. The van der Waals surface area contributed by atoms with E-state index in [1.165, 1.54) is 51.7 Å². The molecule has 0 saturated carbocycles. The van der Waals surface area contributed by atoms with Gasteiger partial charge in [0.15, 0.2) is 0 Å². The van der Waals surface area contributed by atoms with Crippen molar-refractivity contribution in [3.8, 4) is 0 Å². The van der Waals surface area contributed by atoms with E-state index in [9.17, 15) is 0 Å². The second-order valence-electron chi connectivity index (χ2n) is 5.04. The van der Waals surface area contributed by atoms with Crippen molar-refractivity contribution >= 4 is 0 Å². The molecule has 1 N–H and O–H groups in total. The van der Waals surface area contributed by atoms with Crippen LogP contribution in [0.1, 0.15) is 46.0 Å². The molecule has 1 saturated heterocycles. The average Bonchev–Trinajstić information content (AvgIpc) is 2.36. The first-order valence-electron chi connectivity index (χ1n) is 7.40. The second kappa shape index (κ2) is 9.86. The summed E-state index contributed by atoms with van der Waals surface area (Å²) in [5, 5.41) is 3.61. The van der Waals surface area contributed by atoms with Gasteiger partial charge in [-0.2, -0.15) is 0 Å². The zero-order chi connectivity index (χ0) is 12.3. The lowest BCUT2D eigenvalue weighted by molar-refractivity contribution is 0.125. The molecule has 0 aliphatic carbocycles. The molecule has 3 nitrogen and oxygen atoms in total. The number of likely N-dealkylation sites (tertiary alicyclic amines) is 1. The lowest BCUT2D eigenvalue weighted by Crippen LogP contribution is -2.43. The van der Waals surface area contributed by atoms with Crippen LogP contribution in [0, 0.1) is 0 Å². The molecule has 0 aromatic heterocycles. The number of nitrogens with one attached hydrogen (secondary N) is 1. The number of rotatable bonds is 9. The van der Waals surface area contributed by atoms with Crippen LogP contribution in [0.25, 0.3) is 0 Å². The van der Waals surface area contributed by atoms with E-state index >= 15 is 0 Å². The van der Waals surface area contributed by atoms with Crippen LogP contribution in [0.15, 0.2) is 0 Å². The van der Waals surface area contributed by atoms with Crippen molar-refractivity contribution in [2.45, 2.75) is 52.0 Å². The highest BCUT2D eigenvalue weighted by Gasteiger charge is 2.17. The van der Waals surface area contributed by atoms with Gasteiger partial charge in [-0.15, -0.1) is 0 Å². The van der Waals surface area contributed by atoms with Gasteiger partial charge >= 0.3 is 0 Å². The molecule has 0 atom stereocenters. The van der Waals surface area contributed by atoms with Crippen LogP contribution < -0.4 is 5.32 Å². The third kappa shape index (κ3) is 7.02. The first kappa shape index (κ1) is 14.9. The van der Waals surface area contributed by atoms with Gasteiger partial charge < -0.3 is 15.0 Å². The Kier molecular flexibility index (Phi) is 8.67. The van der Waals surface area contributed by atoms with E-state index in [0.29, 0.717) is 0 Å². The summed E-state index contributed by atoms with van der Waals surface area (Å²) in [7, 11) is 0. The number of nitrogens with zero attached hydrogens (tertiary/aromatic N) is 1. The summed E-state index contributed by atoms with van der Waals surface area (Å²) in [4.78, 5) is 2.58. The van der Waals surface area contributed by atoms with Crippen molar-refractivity contribution in [3.05, 3.63) is 0 Å². The highest BCUT2D eigenvalue weighted by Crippen LogP contribution is 2.10. The molecule has 17 heavy (non-hydrogen) atoms. The zero-order valence-corrected chi connectivity index (χ0v) is 11.7. The molecular weight excluding hydrogens is 212 g/mol. The quantitative estimate of drug-likeness (QED) is 0.628. The molecule has 0 spiro atoms. The minimum Gasteiger partial charge on any atom is -0.380 e. The maximum absolute atomic E-state index is 5.55. The Balaban J connectivity index is 1.91. The van der Waals surface area contributed by atoms with Crippen LogP contribution in [0.3, 0.4) is 0 Å². The van der Waals surface area contributed by atoms with Crippen molar-refractivity contribution in [1.82, 2.24) is 10.2 Å². The minimum atomic E-state index is 0.720. The van der Waals surface area contributed by atoms with Crippen molar-refractivity contribution < 1.29 is 4.74 Å². The maximum atomic E-state index is 5.55. The summed E-state index contributed by atoms with van der Waals surface area (Å²) in [5.74, 6) is 0. The smallest absolute Gasteiger partial charge is 0.0591 e. The van der Waals surface area contributed by atoms with Crippen LogP contribution in [0.5, 0.6) is 0 Å². The molecule has 0 radical (unpaired) electrons. The standard InChI is InChI=1S/C14H30N2O/c1-3-5-12-17-13-8-15-14-6-10-16(9-4-2)11-7-14/h14-15H,3-13H2,1-2H3. The monoisotopic (exact) mass is 242 g/mol. The molecule has 3 heteroatoms. The van der Waals surface area contributed by atoms with Gasteiger partial charge in [0.25, 0.3) is 0 Å². The molecule has 1 fully saturated rings. The van der Waals surface area contributed by atoms with E-state index in [0.717, 1.165) is 25.8 Å². The van der Waals surface area contributed by atoms with Crippen molar-refractivity contribution in [3.63, 3.8) is 0 Å². The average molecular weight is 242 g/mol. The molecule has 1 aliphatic rings. The van der Waals surface area contributed by atoms with Crippen molar-refractivity contribution in [1.29, 1.82) is 0 Å². The Morgan fingerprint density at radius 2 is 1.88 bits per heavy atom. The summed E-state index contributed by atoms with van der Waals surface area (Å²) in [6.07, 6.45) is 6.30. The van der Waals surface area contributed by atoms with E-state index in [1.807, 2.05) is 0 Å². The summed E-state index contributed by atoms with van der Waals surface area (Å²) in [5.41, 5.74) is 0. The van der Waals surface area contributed by atoms with Gasteiger partial charge in [0.2, 0.25) is 0 Å². The Morgan fingerprint density at radius 3 is 2.53 bits per heavy atom. The molecular formula is C14H30N2O. The Labute approximate surface area is 107 Å². The molecule has 0 bridgehead atoms. The first-order chi connectivity index (χ1) is 8.36. The minimum absolute atomic E-state index is 0.720. The van der Waals surface area contributed by atoms with Gasteiger partial charge in [0.1, 0.15) is 0 Å². The fourth-order valence-electron chi connectivity index (χ4n) is 2.36. The highest BCUT2D eigenvalue weighted by atomic mass is 16.5. The Hall–Kier alpha value is -0.120. The molecule has 0 unspecified atom stereocenters. The first-order valence-corrected chi connectivity index (χ1v) is 7.40. The SMILES string of the molecule is CCCCOCCNC1CCN(CCC)CC1. The number of hydrogen-bond acceptors (Lipinski definition) is 3. The lowest BCUT2D eigenvalue weighted by atomic mass is 10.1. The lowest BCUT2D eigenvalue weighted by Gasteiger charge is -2.32. The van der Waals surface area contributed by atoms with Gasteiger partial charge in [-0.3, -0.25) is 0 Å². The molecule has 1 heterocycles. The topological polar surface area (TPSA) is 24.5 Å². The van der Waals surface area contributed by atoms with Gasteiger partial charge in [-0.1, -0.05) is 20.3 Å². The number of unbranched alkanes of at least 4 members (excludes halogenated alkanes) is 1. The summed E-state index contributed by atoms with van der Waals surface area (Å²) < 4.78 is 5.55.